The first kappa shape index (κ1) is 55.4. The number of rotatable bonds is 15. The van der Waals surface area contributed by atoms with Crippen molar-refractivity contribution in [2.75, 3.05) is 7.05 Å². The number of carbonyl (C=O) groups excluding carboxylic acids is 8. The number of aliphatic hydroxyl groups is 1. The van der Waals surface area contributed by atoms with Gasteiger partial charge in [0.15, 0.2) is 0 Å². The first-order valence-electron chi connectivity index (χ1n) is 24.0. The minimum Gasteiger partial charge on any atom is -0.508 e. The van der Waals surface area contributed by atoms with Crippen molar-refractivity contribution < 1.29 is 68.3 Å². The molecule has 2 saturated heterocycles. The van der Waals surface area contributed by atoms with E-state index in [1.807, 2.05) is 0 Å². The van der Waals surface area contributed by atoms with Crippen molar-refractivity contribution in [3.63, 3.8) is 0 Å². The van der Waals surface area contributed by atoms with E-state index in [1.54, 1.807) is 51.1 Å². The van der Waals surface area contributed by atoms with E-state index in [2.05, 4.69) is 26.6 Å². The largest absolute Gasteiger partial charge is 0.508 e. The van der Waals surface area contributed by atoms with Crippen LogP contribution in [0.1, 0.15) is 82.9 Å². The summed E-state index contributed by atoms with van der Waals surface area (Å²) in [5.74, 6) is -9.37. The number of esters is 1. The summed E-state index contributed by atoms with van der Waals surface area (Å²) in [7, 11) is 1.34. The van der Waals surface area contributed by atoms with Crippen LogP contribution in [0, 0.1) is 5.92 Å². The molecular weight excluding hydrogens is 935 g/mol. The van der Waals surface area contributed by atoms with Gasteiger partial charge in [-0.2, -0.15) is 0 Å². The van der Waals surface area contributed by atoms with Crippen LogP contribution in [0.2, 0.25) is 0 Å². The number of cyclic esters (lactones) is 1. The second-order valence-electron chi connectivity index (χ2n) is 18.5. The van der Waals surface area contributed by atoms with Crippen LogP contribution in [0.15, 0.2) is 78.9 Å². The molecule has 72 heavy (non-hydrogen) atoms. The van der Waals surface area contributed by atoms with Gasteiger partial charge in [-0.05, 0) is 79.5 Å². The van der Waals surface area contributed by atoms with Gasteiger partial charge >= 0.3 is 11.9 Å². The zero-order valence-electron chi connectivity index (χ0n) is 40.9. The lowest BCUT2D eigenvalue weighted by atomic mass is 9.95. The van der Waals surface area contributed by atoms with E-state index in [9.17, 15) is 58.8 Å². The molecule has 21 nitrogen and oxygen atoms in total. The molecule has 2 heterocycles. The summed E-state index contributed by atoms with van der Waals surface area (Å²) in [6.45, 7) is 6.16. The smallest absolute Gasteiger partial charge is 0.329 e. The van der Waals surface area contributed by atoms with Gasteiger partial charge in [0.1, 0.15) is 66.1 Å². The highest BCUT2D eigenvalue weighted by Gasteiger charge is 2.46. The number of hydrogen-bond acceptors (Lipinski definition) is 13. The van der Waals surface area contributed by atoms with Crippen molar-refractivity contribution in [2.45, 2.75) is 140 Å². The predicted octanol–water partition coefficient (Wildman–Crippen LogP) is 0.952. The third kappa shape index (κ3) is 15.0. The number of hydrogen-bond donors (Lipinski definition) is 9. The quantitative estimate of drug-likeness (QED) is 0.0959. The van der Waals surface area contributed by atoms with Crippen LogP contribution >= 0.6 is 0 Å². The third-order valence-electron chi connectivity index (χ3n) is 12.6. The average molecular weight is 1000 g/mol. The van der Waals surface area contributed by atoms with Gasteiger partial charge in [-0.3, -0.25) is 38.4 Å². The Labute approximate surface area is 417 Å². The molecule has 5 rings (SSSR count). The molecule has 2 bridgehead atoms. The molecule has 0 aromatic heterocycles. The Morgan fingerprint density at radius 3 is 1.90 bits per heavy atom. The van der Waals surface area contributed by atoms with Crippen LogP contribution in [0.3, 0.4) is 0 Å². The van der Waals surface area contributed by atoms with Crippen LogP contribution < -0.4 is 26.6 Å². The molecule has 9 N–H and O–H groups in total. The molecule has 0 radical (unpaired) electrons. The maximum Gasteiger partial charge on any atom is 0.329 e. The summed E-state index contributed by atoms with van der Waals surface area (Å²) in [5, 5.41) is 54.1. The number of piperidine rings is 1. The molecule has 0 aliphatic carbocycles. The molecule has 9 atom stereocenters. The van der Waals surface area contributed by atoms with E-state index in [0.717, 1.165) is 9.80 Å². The number of phenolic OH excluding ortho intramolecular Hbond substituents is 2. The van der Waals surface area contributed by atoms with Crippen molar-refractivity contribution in [3.05, 3.63) is 95.6 Å². The summed E-state index contributed by atoms with van der Waals surface area (Å²) < 4.78 is 5.87. The molecule has 2 fully saturated rings. The number of fused-ring (bicyclic) bond motifs is 2. The highest BCUT2D eigenvalue weighted by molar-refractivity contribution is 5.98. The predicted molar refractivity (Wildman–Crippen MR) is 258 cm³/mol. The molecule has 0 saturated carbocycles. The Morgan fingerprint density at radius 1 is 0.736 bits per heavy atom. The summed E-state index contributed by atoms with van der Waals surface area (Å²) in [6.07, 6.45) is -4.55. The topological polar surface area (TPSA) is 310 Å². The Kier molecular flexibility index (Phi) is 19.6. The summed E-state index contributed by atoms with van der Waals surface area (Å²) >= 11 is 0. The molecule has 2 aliphatic rings. The highest BCUT2D eigenvalue weighted by atomic mass is 16.5. The lowest BCUT2D eigenvalue weighted by Gasteiger charge is -2.43. The SMILES string of the molecule is CCCC(=O)NC(CCC(=O)O)C(=O)NC1C(=O)NC(Cc2ccc(O)cc2)C(=O)NC2CCC(O)N(C2=O)C(Cc2ccccc2)C(=O)N(C)C(Cc2ccc(O)cc2)C(=O)NC(C(C)C)C(=O)OC1C. The number of carboxylic acids is 1. The minimum absolute atomic E-state index is 0.0151. The zero-order chi connectivity index (χ0) is 52.8. The summed E-state index contributed by atoms with van der Waals surface area (Å²) in [6, 6.07) is 9.50. The number of likely N-dealkylation sites (N-methyl/N-ethyl adjacent to an activating group) is 1. The van der Waals surface area contributed by atoms with Crippen molar-refractivity contribution in [1.82, 2.24) is 36.4 Å². The summed E-state index contributed by atoms with van der Waals surface area (Å²) in [4.78, 5) is 129. The van der Waals surface area contributed by atoms with Crippen LogP contribution in [-0.2, 0) is 67.2 Å². The Balaban J connectivity index is 1.65. The van der Waals surface area contributed by atoms with Gasteiger partial charge in [-0.15, -0.1) is 0 Å². The standard InChI is InChI=1S/C51H65N7O14/c1-6-10-40(61)52-35(22-24-42(63)64)45(65)56-44-29(4)72-51(71)43(28(2)3)55-47(67)38(26-32-15-19-34(60)20-16-32)57(5)50(70)39(27-30-11-8-7-9-12-30)58-41(62)23-21-36(49(58)69)53-46(66)37(54-48(44)68)25-31-13-17-33(59)18-14-31/h7-9,11-20,28-29,35-39,41,43-44,59-60,62H,6,10,21-27H2,1-5H3,(H,52,61)(H,53,66)(H,54,68)(H,55,67)(H,56,65)(H,63,64). The first-order chi connectivity index (χ1) is 34.2. The number of nitrogens with zero attached hydrogens (tertiary/aromatic N) is 2. The molecule has 0 spiro atoms. The van der Waals surface area contributed by atoms with Crippen molar-refractivity contribution in [3.8, 4) is 11.5 Å². The Morgan fingerprint density at radius 2 is 1.32 bits per heavy atom. The Hall–Kier alpha value is -7.55. The number of benzene rings is 3. The normalized spacial score (nSPS) is 24.1. The number of aliphatic hydroxyl groups excluding tert-OH is 1. The van der Waals surface area contributed by atoms with E-state index in [0.29, 0.717) is 23.1 Å². The molecule has 21 heteroatoms. The highest BCUT2D eigenvalue weighted by Crippen LogP contribution is 2.26. The van der Waals surface area contributed by atoms with E-state index in [4.69, 9.17) is 4.74 Å². The van der Waals surface area contributed by atoms with Gasteiger partial charge in [0.05, 0.1) is 0 Å². The molecule has 3 aromatic carbocycles. The number of nitrogens with one attached hydrogen (secondary N) is 5. The Bertz CT molecular complexity index is 2420. The lowest BCUT2D eigenvalue weighted by Crippen LogP contribution is -2.65. The van der Waals surface area contributed by atoms with E-state index >= 15 is 4.79 Å². The average Bonchev–Trinajstić information content (AvgIpc) is 3.33. The van der Waals surface area contributed by atoms with E-state index in [-0.39, 0.29) is 50.0 Å². The number of phenols is 2. The van der Waals surface area contributed by atoms with Crippen LogP contribution in [0.25, 0.3) is 0 Å². The molecule has 9 unspecified atom stereocenters. The number of carboxylic acid groups (broad SMARTS) is 1. The van der Waals surface area contributed by atoms with Gasteiger partial charge in [-0.1, -0.05) is 75.4 Å². The fraction of sp³-hybridized carbons (Fsp3) is 0.471. The van der Waals surface area contributed by atoms with Gasteiger partial charge in [0.25, 0.3) is 0 Å². The molecule has 3 aromatic rings. The maximum absolute atomic E-state index is 15.1. The molecule has 7 amide bonds. The third-order valence-corrected chi connectivity index (χ3v) is 12.6. The van der Waals surface area contributed by atoms with Gasteiger partial charge in [0.2, 0.25) is 41.4 Å². The summed E-state index contributed by atoms with van der Waals surface area (Å²) in [5.41, 5.74) is 1.48. The van der Waals surface area contributed by atoms with Gasteiger partial charge in [0, 0.05) is 39.2 Å². The maximum atomic E-state index is 15.1. The number of amides is 7. The number of aliphatic carboxylic acids is 1. The van der Waals surface area contributed by atoms with E-state index in [1.165, 1.54) is 62.5 Å². The number of aromatic hydroxyl groups is 2. The van der Waals surface area contributed by atoms with Crippen molar-refractivity contribution in [1.29, 1.82) is 0 Å². The van der Waals surface area contributed by atoms with Crippen LogP contribution in [-0.4, -0.2) is 145 Å². The molecular formula is C51H65N7O14. The first-order valence-corrected chi connectivity index (χ1v) is 24.0. The molecule has 388 valence electrons. The van der Waals surface area contributed by atoms with E-state index < -0.39 is 127 Å². The van der Waals surface area contributed by atoms with Crippen molar-refractivity contribution >= 4 is 53.3 Å². The van der Waals surface area contributed by atoms with Gasteiger partial charge < -0.3 is 61.5 Å². The fourth-order valence-electron chi connectivity index (χ4n) is 8.55. The molecule has 2 aliphatic heterocycles. The van der Waals surface area contributed by atoms with Crippen LogP contribution in [0.4, 0.5) is 0 Å². The van der Waals surface area contributed by atoms with Crippen molar-refractivity contribution in [2.24, 2.45) is 5.92 Å². The van der Waals surface area contributed by atoms with Gasteiger partial charge in [-0.25, -0.2) is 4.79 Å². The second kappa shape index (κ2) is 25.5. The zero-order valence-corrected chi connectivity index (χ0v) is 40.9. The lowest BCUT2D eigenvalue weighted by molar-refractivity contribution is -0.165. The minimum atomic E-state index is -1.86. The second-order valence-corrected chi connectivity index (χ2v) is 18.5. The monoisotopic (exact) mass is 999 g/mol. The van der Waals surface area contributed by atoms with Crippen LogP contribution in [0.5, 0.6) is 11.5 Å². The number of carbonyl (C=O) groups is 9. The number of ether oxygens (including phenoxy) is 1. The fourth-order valence-corrected chi connectivity index (χ4v) is 8.55.